The summed E-state index contributed by atoms with van der Waals surface area (Å²) in [7, 11) is 0. The Balaban J connectivity index is 0.00000260. The number of nitrogens with one attached hydrogen (secondary N) is 1. The third-order valence-corrected chi connectivity index (χ3v) is 7.13. The zero-order valence-corrected chi connectivity index (χ0v) is 25.0. The summed E-state index contributed by atoms with van der Waals surface area (Å²) in [5, 5.41) is 4.55. The SMILES string of the molecule is C=C.CCCCCNc1c(N)c(N)nc2ccc(N3CCN(CC(C)(C)COCC(C)(C)CC=O)CC3)cc12. The van der Waals surface area contributed by atoms with Crippen molar-refractivity contribution < 1.29 is 9.53 Å². The first-order chi connectivity index (χ1) is 18.5. The Bertz CT molecular complexity index is 1050. The molecule has 2 heterocycles. The van der Waals surface area contributed by atoms with E-state index in [1.165, 1.54) is 18.5 Å². The van der Waals surface area contributed by atoms with Crippen LogP contribution in [-0.2, 0) is 9.53 Å². The minimum absolute atomic E-state index is 0.0455. The fourth-order valence-corrected chi connectivity index (χ4v) is 4.96. The van der Waals surface area contributed by atoms with E-state index >= 15 is 0 Å². The second-order valence-corrected chi connectivity index (χ2v) is 12.1. The van der Waals surface area contributed by atoms with Crippen LogP contribution in [0.1, 0.15) is 60.3 Å². The van der Waals surface area contributed by atoms with Crippen LogP contribution in [-0.4, -0.2) is 68.7 Å². The number of piperazine rings is 1. The Morgan fingerprint density at radius 1 is 1.05 bits per heavy atom. The van der Waals surface area contributed by atoms with Gasteiger partial charge in [-0.3, -0.25) is 4.90 Å². The average molecular weight is 541 g/mol. The molecule has 0 atom stereocenters. The lowest BCUT2D eigenvalue weighted by Gasteiger charge is -2.40. The van der Waals surface area contributed by atoms with Crippen molar-refractivity contribution in [3.05, 3.63) is 31.4 Å². The lowest BCUT2D eigenvalue weighted by atomic mass is 9.90. The molecule has 0 saturated carbocycles. The van der Waals surface area contributed by atoms with E-state index < -0.39 is 0 Å². The van der Waals surface area contributed by atoms with Crippen LogP contribution in [0.25, 0.3) is 10.9 Å². The van der Waals surface area contributed by atoms with Crippen molar-refractivity contribution in [2.75, 3.05) is 74.2 Å². The van der Waals surface area contributed by atoms with Crippen LogP contribution < -0.4 is 21.7 Å². The number of carbonyl (C=O) groups excluding carboxylic acids is 1. The standard InChI is InChI=1S/C29H48N6O2.C2H4/c1-6-7-8-12-32-26-23-18-22(9-10-24(23)33-27(31)25(26)30)35-15-13-34(14-16-35)19-29(4,5)21-37-20-28(2,3)11-17-36;1-2/h9-10,17-18H,6-8,11-16,19-21,30H2,1-5H3,(H3,31,32,33);1-2H2. The number of fused-ring (bicyclic) bond motifs is 1. The lowest BCUT2D eigenvalue weighted by molar-refractivity contribution is -0.110. The molecule has 1 aliphatic heterocycles. The molecule has 218 valence electrons. The molecule has 0 radical (unpaired) electrons. The van der Waals surface area contributed by atoms with E-state index in [2.05, 4.69) is 86.1 Å². The molecule has 1 aliphatic rings. The summed E-state index contributed by atoms with van der Waals surface area (Å²) in [5.74, 6) is 0.380. The van der Waals surface area contributed by atoms with Crippen molar-refractivity contribution in [2.24, 2.45) is 10.8 Å². The lowest BCUT2D eigenvalue weighted by Crippen LogP contribution is -2.49. The minimum atomic E-state index is -0.111. The van der Waals surface area contributed by atoms with Gasteiger partial charge >= 0.3 is 0 Å². The number of benzene rings is 1. The zero-order chi connectivity index (χ0) is 29.1. The number of carbonyl (C=O) groups is 1. The number of aromatic nitrogens is 1. The van der Waals surface area contributed by atoms with Crippen molar-refractivity contribution in [1.29, 1.82) is 0 Å². The van der Waals surface area contributed by atoms with Crippen LogP contribution in [0, 0.1) is 10.8 Å². The minimum Gasteiger partial charge on any atom is -0.394 e. The van der Waals surface area contributed by atoms with Gasteiger partial charge in [-0.05, 0) is 30.0 Å². The first-order valence-electron chi connectivity index (χ1n) is 14.3. The highest BCUT2D eigenvalue weighted by Gasteiger charge is 2.27. The van der Waals surface area contributed by atoms with Crippen LogP contribution in [0.5, 0.6) is 0 Å². The molecular formula is C31H52N6O2. The Morgan fingerprint density at radius 3 is 2.36 bits per heavy atom. The largest absolute Gasteiger partial charge is 0.394 e. The van der Waals surface area contributed by atoms with E-state index in [4.69, 9.17) is 16.2 Å². The van der Waals surface area contributed by atoms with E-state index in [1.54, 1.807) is 0 Å². The maximum Gasteiger partial charge on any atom is 0.149 e. The highest BCUT2D eigenvalue weighted by molar-refractivity contribution is 6.02. The van der Waals surface area contributed by atoms with Gasteiger partial charge in [-0.2, -0.15) is 0 Å². The molecule has 0 bridgehead atoms. The smallest absolute Gasteiger partial charge is 0.149 e. The van der Waals surface area contributed by atoms with Crippen LogP contribution >= 0.6 is 0 Å². The van der Waals surface area contributed by atoms with Crippen LogP contribution in [0.15, 0.2) is 31.4 Å². The van der Waals surface area contributed by atoms with E-state index in [0.717, 1.165) is 68.6 Å². The van der Waals surface area contributed by atoms with Gasteiger partial charge in [0, 0.05) is 62.2 Å². The van der Waals surface area contributed by atoms with Gasteiger partial charge in [-0.1, -0.05) is 47.5 Å². The molecule has 1 aromatic heterocycles. The molecule has 0 amide bonds. The molecular weight excluding hydrogens is 488 g/mol. The highest BCUT2D eigenvalue weighted by Crippen LogP contribution is 2.35. The van der Waals surface area contributed by atoms with E-state index in [1.807, 2.05) is 0 Å². The van der Waals surface area contributed by atoms with E-state index in [-0.39, 0.29) is 10.8 Å². The van der Waals surface area contributed by atoms with Gasteiger partial charge in [0.05, 0.1) is 30.1 Å². The summed E-state index contributed by atoms with van der Waals surface area (Å²) in [4.78, 5) is 20.4. The second kappa shape index (κ2) is 15.1. The maximum atomic E-state index is 10.9. The van der Waals surface area contributed by atoms with Crippen molar-refractivity contribution >= 4 is 40.1 Å². The van der Waals surface area contributed by atoms with Crippen molar-refractivity contribution in [2.45, 2.75) is 60.3 Å². The summed E-state index contributed by atoms with van der Waals surface area (Å²) in [6, 6.07) is 6.39. The molecule has 39 heavy (non-hydrogen) atoms. The number of rotatable bonds is 14. The van der Waals surface area contributed by atoms with Gasteiger partial charge in [0.1, 0.15) is 12.1 Å². The van der Waals surface area contributed by atoms with E-state index in [9.17, 15) is 4.79 Å². The highest BCUT2D eigenvalue weighted by atomic mass is 16.5. The molecule has 1 aromatic carbocycles. The molecule has 3 rings (SSSR count). The summed E-state index contributed by atoms with van der Waals surface area (Å²) in [6.45, 7) is 23.9. The summed E-state index contributed by atoms with van der Waals surface area (Å²) in [5.41, 5.74) is 15.9. The molecule has 5 N–H and O–H groups in total. The number of anilines is 4. The molecule has 2 aromatic rings. The first-order valence-corrected chi connectivity index (χ1v) is 14.3. The molecule has 0 aliphatic carbocycles. The van der Waals surface area contributed by atoms with Gasteiger partial charge in [0.25, 0.3) is 0 Å². The first kappa shape index (κ1) is 32.4. The number of hydrogen-bond donors (Lipinski definition) is 3. The van der Waals surface area contributed by atoms with Crippen molar-refractivity contribution in [3.63, 3.8) is 0 Å². The summed E-state index contributed by atoms with van der Waals surface area (Å²) >= 11 is 0. The Labute approximate surface area is 236 Å². The van der Waals surface area contributed by atoms with Crippen LogP contribution in [0.4, 0.5) is 22.9 Å². The number of unbranched alkanes of at least 4 members (excludes halogenated alkanes) is 2. The Kier molecular flexibility index (Phi) is 12.5. The van der Waals surface area contributed by atoms with E-state index in [0.29, 0.717) is 31.1 Å². The number of nitrogen functional groups attached to an aromatic ring is 2. The monoisotopic (exact) mass is 540 g/mol. The Morgan fingerprint density at radius 2 is 1.72 bits per heavy atom. The van der Waals surface area contributed by atoms with Gasteiger partial charge in [-0.15, -0.1) is 13.2 Å². The summed E-state index contributed by atoms with van der Waals surface area (Å²) < 4.78 is 6.03. The van der Waals surface area contributed by atoms with Gasteiger partial charge in [0.2, 0.25) is 0 Å². The number of pyridine rings is 1. The van der Waals surface area contributed by atoms with Gasteiger partial charge in [-0.25, -0.2) is 4.98 Å². The Hall–Kier alpha value is -2.84. The quantitative estimate of drug-likeness (QED) is 0.162. The van der Waals surface area contributed by atoms with Gasteiger partial charge < -0.3 is 31.2 Å². The van der Waals surface area contributed by atoms with Crippen molar-refractivity contribution in [3.8, 4) is 0 Å². The predicted octanol–water partition coefficient (Wildman–Crippen LogP) is 5.58. The van der Waals surface area contributed by atoms with Crippen LogP contribution in [0.3, 0.4) is 0 Å². The number of aldehydes is 1. The zero-order valence-electron chi connectivity index (χ0n) is 25.0. The third-order valence-electron chi connectivity index (χ3n) is 7.13. The van der Waals surface area contributed by atoms with Crippen LogP contribution in [0.2, 0.25) is 0 Å². The fraction of sp³-hybridized carbons (Fsp3) is 0.613. The van der Waals surface area contributed by atoms with Gasteiger partial charge in [0.15, 0.2) is 0 Å². The van der Waals surface area contributed by atoms with Crippen molar-refractivity contribution in [1.82, 2.24) is 9.88 Å². The number of nitrogens with two attached hydrogens (primary N) is 2. The normalized spacial score (nSPS) is 14.6. The summed E-state index contributed by atoms with van der Waals surface area (Å²) in [6.07, 6.45) is 4.96. The molecule has 0 spiro atoms. The molecule has 8 nitrogen and oxygen atoms in total. The molecule has 8 heteroatoms. The predicted molar refractivity (Wildman–Crippen MR) is 168 cm³/mol. The number of hydrogen-bond acceptors (Lipinski definition) is 8. The maximum absolute atomic E-state index is 10.9. The molecule has 1 fully saturated rings. The third kappa shape index (κ3) is 9.69. The second-order valence-electron chi connectivity index (χ2n) is 12.1. The average Bonchev–Trinajstić information content (AvgIpc) is 2.89. The molecule has 1 saturated heterocycles. The fourth-order valence-electron chi connectivity index (χ4n) is 4.96. The number of nitrogens with zero attached hydrogens (tertiary/aromatic N) is 3. The topological polar surface area (TPSA) is 110 Å². The molecule has 0 unspecified atom stereocenters. The number of ether oxygens (including phenoxy) is 1.